The Morgan fingerprint density at radius 3 is 2.64 bits per heavy atom. The van der Waals surface area contributed by atoms with Crippen LogP contribution in [0.4, 0.5) is 0 Å². The monoisotopic (exact) mass is 349 g/mol. The average Bonchev–Trinajstić information content (AvgIpc) is 2.98. The first-order valence-corrected chi connectivity index (χ1v) is 10.5. The van der Waals surface area contributed by atoms with Crippen molar-refractivity contribution in [3.05, 3.63) is 0 Å². The fourth-order valence-corrected chi connectivity index (χ4v) is 5.08. The lowest BCUT2D eigenvalue weighted by Gasteiger charge is -2.46. The molecule has 3 heterocycles. The van der Waals surface area contributed by atoms with Gasteiger partial charge in [-0.25, -0.2) is 4.99 Å². The van der Waals surface area contributed by atoms with E-state index in [1.54, 1.807) is 0 Å². The van der Waals surface area contributed by atoms with Crippen molar-refractivity contribution >= 4 is 11.9 Å². The zero-order valence-corrected chi connectivity index (χ0v) is 15.9. The van der Waals surface area contributed by atoms with Crippen LogP contribution in [0.2, 0.25) is 0 Å². The van der Waals surface area contributed by atoms with Crippen LogP contribution >= 0.6 is 0 Å². The molecular formula is C20H35N3O2. The van der Waals surface area contributed by atoms with Crippen molar-refractivity contribution < 1.29 is 9.90 Å². The van der Waals surface area contributed by atoms with E-state index in [1.165, 1.54) is 51.4 Å². The number of guanidine groups is 1. The smallest absolute Gasteiger partial charge is 0.310 e. The van der Waals surface area contributed by atoms with Gasteiger partial charge in [0.15, 0.2) is 5.96 Å². The molecule has 25 heavy (non-hydrogen) atoms. The molecule has 0 aromatic heterocycles. The molecule has 142 valence electrons. The Morgan fingerprint density at radius 2 is 1.92 bits per heavy atom. The Labute approximate surface area is 152 Å². The first-order valence-electron chi connectivity index (χ1n) is 10.5. The topological polar surface area (TPSA) is 64.9 Å². The van der Waals surface area contributed by atoms with E-state index in [9.17, 15) is 9.90 Å². The maximum atomic E-state index is 11.6. The Balaban J connectivity index is 1.50. The third kappa shape index (κ3) is 4.12. The number of carbonyl (C=O) groups is 1. The number of carboxylic acid groups (broad SMARTS) is 1. The summed E-state index contributed by atoms with van der Waals surface area (Å²) in [6, 6.07) is 1.02. The van der Waals surface area contributed by atoms with Gasteiger partial charge in [-0.15, -0.1) is 0 Å². The van der Waals surface area contributed by atoms with Gasteiger partial charge in [-0.2, -0.15) is 0 Å². The molecule has 0 amide bonds. The van der Waals surface area contributed by atoms with Gasteiger partial charge in [0.05, 0.1) is 12.0 Å². The average molecular weight is 350 g/mol. The molecule has 0 aromatic rings. The SMILES string of the molecule is CCCCCCCCC[C@@H]1C[C@@H]2CC[C@H]3[C@@H](C(=O)O)[C@@H](C)N=C(N1)N23. The lowest BCUT2D eigenvalue weighted by Crippen LogP contribution is -2.62. The van der Waals surface area contributed by atoms with Gasteiger partial charge in [0.25, 0.3) is 0 Å². The van der Waals surface area contributed by atoms with Crippen LogP contribution in [0.1, 0.15) is 84.5 Å². The van der Waals surface area contributed by atoms with Crippen LogP contribution in [-0.4, -0.2) is 46.1 Å². The number of nitrogens with one attached hydrogen (secondary N) is 1. The van der Waals surface area contributed by atoms with Gasteiger partial charge < -0.3 is 15.3 Å². The summed E-state index contributed by atoms with van der Waals surface area (Å²) in [6.45, 7) is 4.22. The summed E-state index contributed by atoms with van der Waals surface area (Å²) in [5.74, 6) is -0.0573. The molecule has 0 aromatic carbocycles. The molecule has 0 spiro atoms. The van der Waals surface area contributed by atoms with E-state index in [-0.39, 0.29) is 18.0 Å². The number of hydrogen-bond acceptors (Lipinski definition) is 4. The summed E-state index contributed by atoms with van der Waals surface area (Å²) in [5.41, 5.74) is 0. The second kappa shape index (κ2) is 8.41. The van der Waals surface area contributed by atoms with E-state index in [4.69, 9.17) is 4.99 Å². The zero-order valence-electron chi connectivity index (χ0n) is 15.9. The second-order valence-electron chi connectivity index (χ2n) is 8.25. The predicted molar refractivity (Wildman–Crippen MR) is 101 cm³/mol. The van der Waals surface area contributed by atoms with Gasteiger partial charge in [-0.1, -0.05) is 51.9 Å². The van der Waals surface area contributed by atoms with Crippen LogP contribution in [-0.2, 0) is 4.79 Å². The van der Waals surface area contributed by atoms with E-state index in [2.05, 4.69) is 17.1 Å². The summed E-state index contributed by atoms with van der Waals surface area (Å²) in [6.07, 6.45) is 13.9. The lowest BCUT2D eigenvalue weighted by molar-refractivity contribution is -0.144. The number of unbranched alkanes of at least 4 members (excludes halogenated alkanes) is 6. The van der Waals surface area contributed by atoms with E-state index in [0.29, 0.717) is 12.1 Å². The molecule has 3 aliphatic rings. The first kappa shape index (κ1) is 18.5. The summed E-state index contributed by atoms with van der Waals surface area (Å²) in [4.78, 5) is 18.7. The van der Waals surface area contributed by atoms with Gasteiger partial charge in [0, 0.05) is 18.1 Å². The highest BCUT2D eigenvalue weighted by Gasteiger charge is 2.50. The van der Waals surface area contributed by atoms with Gasteiger partial charge in [-0.3, -0.25) is 4.79 Å². The van der Waals surface area contributed by atoms with E-state index >= 15 is 0 Å². The summed E-state index contributed by atoms with van der Waals surface area (Å²) >= 11 is 0. The minimum atomic E-state index is -0.689. The van der Waals surface area contributed by atoms with Crippen LogP contribution in [0.15, 0.2) is 4.99 Å². The molecule has 3 rings (SSSR count). The normalized spacial score (nSPS) is 33.6. The maximum absolute atomic E-state index is 11.6. The highest BCUT2D eigenvalue weighted by molar-refractivity contribution is 5.85. The molecule has 0 radical (unpaired) electrons. The Bertz CT molecular complexity index is 493. The molecule has 0 bridgehead atoms. The first-order chi connectivity index (χ1) is 12.1. The van der Waals surface area contributed by atoms with Crippen molar-refractivity contribution in [2.75, 3.05) is 0 Å². The third-order valence-corrected chi connectivity index (χ3v) is 6.38. The lowest BCUT2D eigenvalue weighted by atomic mass is 9.89. The Morgan fingerprint density at radius 1 is 1.20 bits per heavy atom. The molecule has 5 heteroatoms. The molecule has 5 atom stereocenters. The van der Waals surface area contributed by atoms with Crippen molar-refractivity contribution in [1.29, 1.82) is 0 Å². The minimum Gasteiger partial charge on any atom is -0.481 e. The van der Waals surface area contributed by atoms with Crippen molar-refractivity contribution in [2.45, 2.75) is 109 Å². The Kier molecular flexibility index (Phi) is 6.24. The summed E-state index contributed by atoms with van der Waals surface area (Å²) < 4.78 is 0. The summed E-state index contributed by atoms with van der Waals surface area (Å²) in [7, 11) is 0. The summed E-state index contributed by atoms with van der Waals surface area (Å²) in [5, 5.41) is 13.2. The van der Waals surface area contributed by atoms with Crippen molar-refractivity contribution in [1.82, 2.24) is 10.2 Å². The van der Waals surface area contributed by atoms with Gasteiger partial charge in [0.2, 0.25) is 0 Å². The van der Waals surface area contributed by atoms with E-state index in [1.807, 2.05) is 6.92 Å². The molecular weight excluding hydrogens is 314 g/mol. The fourth-order valence-electron chi connectivity index (χ4n) is 5.08. The molecule has 0 aliphatic carbocycles. The van der Waals surface area contributed by atoms with Crippen molar-refractivity contribution in [3.8, 4) is 0 Å². The maximum Gasteiger partial charge on any atom is 0.310 e. The minimum absolute atomic E-state index is 0.127. The largest absolute Gasteiger partial charge is 0.481 e. The van der Waals surface area contributed by atoms with Crippen LogP contribution in [0.25, 0.3) is 0 Å². The number of carboxylic acids is 1. The molecule has 0 saturated carbocycles. The van der Waals surface area contributed by atoms with Crippen molar-refractivity contribution in [3.63, 3.8) is 0 Å². The molecule has 0 unspecified atom stereocenters. The van der Waals surface area contributed by atoms with E-state index < -0.39 is 5.97 Å². The molecule has 2 saturated heterocycles. The number of nitrogens with zero attached hydrogens (tertiary/aromatic N) is 2. The number of aliphatic carboxylic acids is 1. The van der Waals surface area contributed by atoms with E-state index in [0.717, 1.165) is 25.2 Å². The molecule has 5 nitrogen and oxygen atoms in total. The molecule has 2 fully saturated rings. The second-order valence-corrected chi connectivity index (χ2v) is 8.25. The predicted octanol–water partition coefficient (Wildman–Crippen LogP) is 3.78. The Hall–Kier alpha value is -1.26. The molecule has 2 N–H and O–H groups in total. The number of hydrogen-bond donors (Lipinski definition) is 2. The third-order valence-electron chi connectivity index (χ3n) is 6.38. The number of rotatable bonds is 9. The van der Waals surface area contributed by atoms with Gasteiger partial charge >= 0.3 is 5.97 Å². The number of aliphatic imine (C=N–C) groups is 1. The zero-order chi connectivity index (χ0) is 17.8. The fraction of sp³-hybridized carbons (Fsp3) is 0.900. The standard InChI is InChI=1S/C20H35N3O2/c1-3-4-5-6-7-8-9-10-15-13-16-11-12-17-18(19(24)25)14(2)21-20(22-15)23(16)17/h14-18H,3-13H2,1-2H3,(H,21,22)(H,24,25)/t14-,15-,16+,17+,18+/m1/s1. The van der Waals surface area contributed by atoms with Gasteiger partial charge in [-0.05, 0) is 32.6 Å². The van der Waals surface area contributed by atoms with Crippen molar-refractivity contribution in [2.24, 2.45) is 10.9 Å². The highest BCUT2D eigenvalue weighted by atomic mass is 16.4. The molecule has 3 aliphatic heterocycles. The quantitative estimate of drug-likeness (QED) is 0.622. The van der Waals surface area contributed by atoms with Crippen LogP contribution in [0, 0.1) is 5.92 Å². The highest BCUT2D eigenvalue weighted by Crippen LogP contribution is 2.39. The van der Waals surface area contributed by atoms with Crippen LogP contribution < -0.4 is 5.32 Å². The van der Waals surface area contributed by atoms with Gasteiger partial charge in [0.1, 0.15) is 0 Å². The van der Waals surface area contributed by atoms with Crippen LogP contribution in [0.5, 0.6) is 0 Å². The van der Waals surface area contributed by atoms with Crippen LogP contribution in [0.3, 0.4) is 0 Å².